The molecule has 0 aliphatic heterocycles. The van der Waals surface area contributed by atoms with Crippen molar-refractivity contribution < 1.29 is 0 Å². The Morgan fingerprint density at radius 3 is 2.61 bits per heavy atom. The van der Waals surface area contributed by atoms with Crippen molar-refractivity contribution in [1.29, 1.82) is 0 Å². The Morgan fingerprint density at radius 1 is 1.28 bits per heavy atom. The van der Waals surface area contributed by atoms with Crippen LogP contribution in [0.25, 0.3) is 0 Å². The van der Waals surface area contributed by atoms with Gasteiger partial charge in [-0.3, -0.25) is 0 Å². The number of anilines is 1. The zero-order chi connectivity index (χ0) is 13.0. The summed E-state index contributed by atoms with van der Waals surface area (Å²) >= 11 is 0. The van der Waals surface area contributed by atoms with Gasteiger partial charge in [0.2, 0.25) is 0 Å². The van der Waals surface area contributed by atoms with Crippen LogP contribution in [-0.4, -0.2) is 4.98 Å². The molecule has 0 radical (unpaired) electrons. The lowest BCUT2D eigenvalue weighted by Crippen LogP contribution is -2.09. The quantitative estimate of drug-likeness (QED) is 0.865. The molecular weight excluding hydrogens is 222 g/mol. The SMILES string of the molecule is Cc1cc(NCc2ccccc2)ncc1[C@H](C)N. The van der Waals surface area contributed by atoms with E-state index in [4.69, 9.17) is 5.73 Å². The molecule has 0 aliphatic carbocycles. The fourth-order valence-electron chi connectivity index (χ4n) is 1.93. The molecule has 18 heavy (non-hydrogen) atoms. The number of nitrogens with one attached hydrogen (secondary N) is 1. The lowest BCUT2D eigenvalue weighted by Gasteiger charge is -2.12. The number of nitrogens with two attached hydrogens (primary N) is 1. The average Bonchev–Trinajstić information content (AvgIpc) is 2.37. The Kier molecular flexibility index (Phi) is 3.95. The van der Waals surface area contributed by atoms with Crippen molar-refractivity contribution in [2.45, 2.75) is 26.4 Å². The maximum atomic E-state index is 5.87. The number of benzene rings is 1. The molecule has 1 aromatic heterocycles. The van der Waals surface area contributed by atoms with Gasteiger partial charge >= 0.3 is 0 Å². The number of pyridine rings is 1. The van der Waals surface area contributed by atoms with Crippen LogP contribution in [0.2, 0.25) is 0 Å². The van der Waals surface area contributed by atoms with Crippen molar-refractivity contribution in [3.05, 3.63) is 59.3 Å². The van der Waals surface area contributed by atoms with Crippen LogP contribution in [0.4, 0.5) is 5.82 Å². The first kappa shape index (κ1) is 12.6. The van der Waals surface area contributed by atoms with Gasteiger partial charge in [0, 0.05) is 18.8 Å². The summed E-state index contributed by atoms with van der Waals surface area (Å²) in [5.41, 5.74) is 9.39. The highest BCUT2D eigenvalue weighted by atomic mass is 15.0. The van der Waals surface area contributed by atoms with Crippen molar-refractivity contribution in [3.63, 3.8) is 0 Å². The number of hydrogen-bond acceptors (Lipinski definition) is 3. The topological polar surface area (TPSA) is 50.9 Å². The van der Waals surface area contributed by atoms with Gasteiger partial charge < -0.3 is 11.1 Å². The van der Waals surface area contributed by atoms with Gasteiger partial charge in [0.1, 0.15) is 5.82 Å². The van der Waals surface area contributed by atoms with Gasteiger partial charge in [-0.1, -0.05) is 30.3 Å². The lowest BCUT2D eigenvalue weighted by molar-refractivity contribution is 0.803. The van der Waals surface area contributed by atoms with E-state index in [0.29, 0.717) is 0 Å². The van der Waals surface area contributed by atoms with Gasteiger partial charge in [-0.25, -0.2) is 4.98 Å². The summed E-state index contributed by atoms with van der Waals surface area (Å²) in [5.74, 6) is 0.890. The van der Waals surface area contributed by atoms with Gasteiger partial charge in [0.05, 0.1) is 0 Å². The van der Waals surface area contributed by atoms with E-state index in [-0.39, 0.29) is 6.04 Å². The van der Waals surface area contributed by atoms with Crippen molar-refractivity contribution in [1.82, 2.24) is 4.98 Å². The van der Waals surface area contributed by atoms with E-state index in [2.05, 4.69) is 29.4 Å². The van der Waals surface area contributed by atoms with E-state index in [1.54, 1.807) is 0 Å². The molecule has 2 rings (SSSR count). The van der Waals surface area contributed by atoms with Gasteiger partial charge in [0.25, 0.3) is 0 Å². The van der Waals surface area contributed by atoms with Crippen LogP contribution in [0.1, 0.15) is 29.7 Å². The second-order valence-corrected chi connectivity index (χ2v) is 4.55. The molecular formula is C15H19N3. The highest BCUT2D eigenvalue weighted by molar-refractivity contribution is 5.42. The van der Waals surface area contributed by atoms with Crippen LogP contribution in [-0.2, 0) is 6.54 Å². The number of hydrogen-bond donors (Lipinski definition) is 2. The zero-order valence-corrected chi connectivity index (χ0v) is 10.9. The van der Waals surface area contributed by atoms with E-state index in [1.807, 2.05) is 37.4 Å². The van der Waals surface area contributed by atoms with Crippen LogP contribution in [0.3, 0.4) is 0 Å². The fourth-order valence-corrected chi connectivity index (χ4v) is 1.93. The van der Waals surface area contributed by atoms with Crippen molar-refractivity contribution in [3.8, 4) is 0 Å². The van der Waals surface area contributed by atoms with Crippen molar-refractivity contribution in [2.24, 2.45) is 5.73 Å². The minimum absolute atomic E-state index is 0.0284. The first-order valence-corrected chi connectivity index (χ1v) is 6.16. The Labute approximate surface area is 108 Å². The highest BCUT2D eigenvalue weighted by Gasteiger charge is 2.05. The van der Waals surface area contributed by atoms with Crippen LogP contribution >= 0.6 is 0 Å². The minimum atomic E-state index is 0.0284. The highest BCUT2D eigenvalue weighted by Crippen LogP contribution is 2.17. The third kappa shape index (κ3) is 3.08. The third-order valence-corrected chi connectivity index (χ3v) is 2.96. The zero-order valence-electron chi connectivity index (χ0n) is 10.9. The van der Waals surface area contributed by atoms with Crippen molar-refractivity contribution in [2.75, 3.05) is 5.32 Å². The maximum absolute atomic E-state index is 5.87. The molecule has 1 atom stereocenters. The van der Waals surface area contributed by atoms with E-state index in [9.17, 15) is 0 Å². The molecule has 0 unspecified atom stereocenters. The largest absolute Gasteiger partial charge is 0.366 e. The van der Waals surface area contributed by atoms with E-state index in [1.165, 1.54) is 11.1 Å². The second kappa shape index (κ2) is 5.65. The van der Waals surface area contributed by atoms with Gasteiger partial charge in [-0.15, -0.1) is 0 Å². The molecule has 0 bridgehead atoms. The summed E-state index contributed by atoms with van der Waals surface area (Å²) < 4.78 is 0. The summed E-state index contributed by atoms with van der Waals surface area (Å²) in [5, 5.41) is 3.32. The smallest absolute Gasteiger partial charge is 0.126 e. The molecule has 0 saturated carbocycles. The molecule has 1 heterocycles. The normalized spacial score (nSPS) is 12.2. The van der Waals surface area contributed by atoms with E-state index in [0.717, 1.165) is 17.9 Å². The Bertz CT molecular complexity index is 506. The molecule has 0 amide bonds. The molecule has 3 N–H and O–H groups in total. The summed E-state index contributed by atoms with van der Waals surface area (Å²) in [7, 11) is 0. The van der Waals surface area contributed by atoms with Crippen molar-refractivity contribution >= 4 is 5.82 Å². The van der Waals surface area contributed by atoms with Gasteiger partial charge in [0.15, 0.2) is 0 Å². The fraction of sp³-hybridized carbons (Fsp3) is 0.267. The van der Waals surface area contributed by atoms with Crippen LogP contribution in [0.15, 0.2) is 42.6 Å². The number of rotatable bonds is 4. The third-order valence-electron chi connectivity index (χ3n) is 2.96. The van der Waals surface area contributed by atoms with Crippen LogP contribution in [0.5, 0.6) is 0 Å². The number of aryl methyl sites for hydroxylation is 1. The Hall–Kier alpha value is -1.87. The Morgan fingerprint density at radius 2 is 2.00 bits per heavy atom. The molecule has 94 valence electrons. The Balaban J connectivity index is 2.05. The number of nitrogens with zero attached hydrogens (tertiary/aromatic N) is 1. The summed E-state index contributed by atoms with van der Waals surface area (Å²) in [6.07, 6.45) is 1.85. The monoisotopic (exact) mass is 241 g/mol. The van der Waals surface area contributed by atoms with Gasteiger partial charge in [-0.05, 0) is 36.6 Å². The summed E-state index contributed by atoms with van der Waals surface area (Å²) in [6, 6.07) is 12.3. The summed E-state index contributed by atoms with van der Waals surface area (Å²) in [6.45, 7) is 4.82. The molecule has 0 spiro atoms. The van der Waals surface area contributed by atoms with Gasteiger partial charge in [-0.2, -0.15) is 0 Å². The lowest BCUT2D eigenvalue weighted by atomic mass is 10.1. The maximum Gasteiger partial charge on any atom is 0.126 e. The predicted molar refractivity (Wildman–Crippen MR) is 75.3 cm³/mol. The molecule has 3 nitrogen and oxygen atoms in total. The minimum Gasteiger partial charge on any atom is -0.366 e. The summed E-state index contributed by atoms with van der Waals surface area (Å²) in [4.78, 5) is 4.38. The van der Waals surface area contributed by atoms with E-state index < -0.39 is 0 Å². The number of aromatic nitrogens is 1. The average molecular weight is 241 g/mol. The second-order valence-electron chi connectivity index (χ2n) is 4.55. The van der Waals surface area contributed by atoms with Crippen LogP contribution in [0, 0.1) is 6.92 Å². The molecule has 0 saturated heterocycles. The molecule has 1 aromatic carbocycles. The van der Waals surface area contributed by atoms with Crippen LogP contribution < -0.4 is 11.1 Å². The molecule has 2 aromatic rings. The first-order valence-electron chi connectivity index (χ1n) is 6.16. The molecule has 0 aliphatic rings. The standard InChI is InChI=1S/C15H19N3/c1-11-8-15(18-10-14(11)12(2)16)17-9-13-6-4-3-5-7-13/h3-8,10,12H,9,16H2,1-2H3,(H,17,18)/t12-/m0/s1. The first-order chi connectivity index (χ1) is 8.66. The molecule has 0 fully saturated rings. The predicted octanol–water partition coefficient (Wildman–Crippen LogP) is 3.02. The molecule has 3 heteroatoms. The van der Waals surface area contributed by atoms with E-state index >= 15 is 0 Å².